The van der Waals surface area contributed by atoms with Crippen molar-refractivity contribution in [2.24, 2.45) is 0 Å². The Balaban J connectivity index is 2.35. The Morgan fingerprint density at radius 3 is 2.95 bits per heavy atom. The number of hydrogen-bond acceptors (Lipinski definition) is 5. The monoisotopic (exact) mass is 281 g/mol. The van der Waals surface area contributed by atoms with Crippen LogP contribution in [0.15, 0.2) is 18.2 Å². The number of aromatic amines is 1. The summed E-state index contributed by atoms with van der Waals surface area (Å²) in [5.41, 5.74) is 0.638. The number of halogens is 1. The molecular formula is C12H12ClN3O3. The van der Waals surface area contributed by atoms with E-state index in [1.54, 1.807) is 25.1 Å². The van der Waals surface area contributed by atoms with Crippen molar-refractivity contribution in [1.82, 2.24) is 15.2 Å². The molecule has 100 valence electrons. The van der Waals surface area contributed by atoms with Gasteiger partial charge in [-0.3, -0.25) is 5.10 Å². The zero-order chi connectivity index (χ0) is 13.8. The lowest BCUT2D eigenvalue weighted by Crippen LogP contribution is -2.06. The van der Waals surface area contributed by atoms with Crippen molar-refractivity contribution in [1.29, 1.82) is 0 Å². The van der Waals surface area contributed by atoms with E-state index in [0.717, 1.165) is 0 Å². The van der Waals surface area contributed by atoms with Crippen molar-refractivity contribution >= 4 is 17.6 Å². The van der Waals surface area contributed by atoms with Crippen LogP contribution in [0.3, 0.4) is 0 Å². The molecule has 6 nitrogen and oxygen atoms in total. The van der Waals surface area contributed by atoms with Gasteiger partial charge in [-0.05, 0) is 25.1 Å². The van der Waals surface area contributed by atoms with E-state index in [1.165, 1.54) is 7.11 Å². The van der Waals surface area contributed by atoms with Gasteiger partial charge in [-0.1, -0.05) is 11.6 Å². The molecule has 0 aliphatic carbocycles. The molecule has 0 saturated carbocycles. The third kappa shape index (κ3) is 2.85. The van der Waals surface area contributed by atoms with Gasteiger partial charge in [0.2, 0.25) is 5.82 Å². The van der Waals surface area contributed by atoms with Crippen LogP contribution in [0.5, 0.6) is 5.75 Å². The SMILES string of the molecule is CCOC(=O)c1nc(-c2ccc(Cl)cc2OC)n[nH]1. The number of hydrogen-bond donors (Lipinski definition) is 1. The van der Waals surface area contributed by atoms with Crippen LogP contribution in [0.25, 0.3) is 11.4 Å². The number of benzene rings is 1. The number of esters is 1. The number of aromatic nitrogens is 3. The summed E-state index contributed by atoms with van der Waals surface area (Å²) in [6.45, 7) is 2.00. The number of carbonyl (C=O) groups excluding carboxylic acids is 1. The van der Waals surface area contributed by atoms with Gasteiger partial charge in [0.1, 0.15) is 5.75 Å². The fourth-order valence-corrected chi connectivity index (χ4v) is 1.68. The van der Waals surface area contributed by atoms with Crippen molar-refractivity contribution in [3.63, 3.8) is 0 Å². The molecule has 1 N–H and O–H groups in total. The third-order valence-electron chi connectivity index (χ3n) is 2.36. The van der Waals surface area contributed by atoms with E-state index >= 15 is 0 Å². The van der Waals surface area contributed by atoms with Crippen LogP contribution in [0.4, 0.5) is 0 Å². The smallest absolute Gasteiger partial charge is 0.375 e. The summed E-state index contributed by atoms with van der Waals surface area (Å²) in [6.07, 6.45) is 0. The maximum absolute atomic E-state index is 11.5. The molecular weight excluding hydrogens is 270 g/mol. The lowest BCUT2D eigenvalue weighted by atomic mass is 10.2. The number of carbonyl (C=O) groups is 1. The fraction of sp³-hybridized carbons (Fsp3) is 0.250. The van der Waals surface area contributed by atoms with Crippen LogP contribution in [0.1, 0.15) is 17.5 Å². The zero-order valence-corrected chi connectivity index (χ0v) is 11.2. The van der Waals surface area contributed by atoms with Crippen molar-refractivity contribution in [3.05, 3.63) is 29.0 Å². The predicted molar refractivity (Wildman–Crippen MR) is 69.3 cm³/mol. The highest BCUT2D eigenvalue weighted by atomic mass is 35.5. The lowest BCUT2D eigenvalue weighted by Gasteiger charge is -2.05. The van der Waals surface area contributed by atoms with E-state index in [-0.39, 0.29) is 12.4 Å². The number of nitrogens with zero attached hydrogens (tertiary/aromatic N) is 2. The number of methoxy groups -OCH3 is 1. The minimum Gasteiger partial charge on any atom is -0.496 e. The Bertz CT molecular complexity index is 598. The lowest BCUT2D eigenvalue weighted by molar-refractivity contribution is 0.0512. The summed E-state index contributed by atoms with van der Waals surface area (Å²) in [4.78, 5) is 15.6. The summed E-state index contributed by atoms with van der Waals surface area (Å²) in [5, 5.41) is 7.04. The number of H-pyrrole nitrogens is 1. The summed E-state index contributed by atoms with van der Waals surface area (Å²) < 4.78 is 10.0. The molecule has 0 saturated heterocycles. The minimum atomic E-state index is -0.547. The molecule has 1 heterocycles. The van der Waals surface area contributed by atoms with Gasteiger partial charge in [-0.15, -0.1) is 0 Å². The van der Waals surface area contributed by atoms with Gasteiger partial charge >= 0.3 is 5.97 Å². The van der Waals surface area contributed by atoms with E-state index in [1.807, 2.05) is 0 Å². The maximum Gasteiger partial charge on any atom is 0.375 e. The largest absolute Gasteiger partial charge is 0.496 e. The summed E-state index contributed by atoms with van der Waals surface area (Å²) >= 11 is 5.88. The first kappa shape index (κ1) is 13.4. The van der Waals surface area contributed by atoms with Gasteiger partial charge in [0.05, 0.1) is 19.3 Å². The topological polar surface area (TPSA) is 77.1 Å². The first-order valence-electron chi connectivity index (χ1n) is 5.59. The molecule has 0 spiro atoms. The average molecular weight is 282 g/mol. The summed E-state index contributed by atoms with van der Waals surface area (Å²) in [6, 6.07) is 5.07. The second-order valence-corrected chi connectivity index (χ2v) is 4.01. The van der Waals surface area contributed by atoms with Crippen LogP contribution >= 0.6 is 11.6 Å². The average Bonchev–Trinajstić information content (AvgIpc) is 2.88. The molecule has 2 rings (SSSR count). The second-order valence-electron chi connectivity index (χ2n) is 3.57. The number of nitrogens with one attached hydrogen (secondary N) is 1. The normalized spacial score (nSPS) is 10.3. The predicted octanol–water partition coefficient (Wildman–Crippen LogP) is 2.31. The molecule has 1 aromatic carbocycles. The Labute approximate surface area is 114 Å². The second kappa shape index (κ2) is 5.71. The first-order chi connectivity index (χ1) is 9.15. The molecule has 2 aromatic rings. The molecule has 0 bridgehead atoms. The van der Waals surface area contributed by atoms with Gasteiger partial charge in [0.15, 0.2) is 5.82 Å². The van der Waals surface area contributed by atoms with Crippen LogP contribution < -0.4 is 4.74 Å². The van der Waals surface area contributed by atoms with Crippen molar-refractivity contribution in [2.75, 3.05) is 13.7 Å². The zero-order valence-electron chi connectivity index (χ0n) is 10.4. The van der Waals surface area contributed by atoms with Gasteiger partial charge in [0.25, 0.3) is 0 Å². The first-order valence-corrected chi connectivity index (χ1v) is 5.97. The summed E-state index contributed by atoms with van der Waals surface area (Å²) in [7, 11) is 1.52. The number of rotatable bonds is 4. The maximum atomic E-state index is 11.5. The van der Waals surface area contributed by atoms with Crippen LogP contribution in [-0.4, -0.2) is 34.9 Å². The molecule has 0 unspecified atom stereocenters. The molecule has 0 radical (unpaired) electrons. The summed E-state index contributed by atoms with van der Waals surface area (Å²) in [5.74, 6) is 0.376. The highest BCUT2D eigenvalue weighted by molar-refractivity contribution is 6.30. The molecule has 19 heavy (non-hydrogen) atoms. The van der Waals surface area contributed by atoms with Gasteiger partial charge in [0, 0.05) is 5.02 Å². The standard InChI is InChI=1S/C12H12ClN3O3/c1-3-19-12(17)11-14-10(15-16-11)8-5-4-7(13)6-9(8)18-2/h4-6H,3H2,1-2H3,(H,14,15,16). The molecule has 0 atom stereocenters. The molecule has 0 aliphatic rings. The third-order valence-corrected chi connectivity index (χ3v) is 2.59. The van der Waals surface area contributed by atoms with Gasteiger partial charge in [-0.2, -0.15) is 5.10 Å². The van der Waals surface area contributed by atoms with Crippen molar-refractivity contribution in [3.8, 4) is 17.1 Å². The highest BCUT2D eigenvalue weighted by Gasteiger charge is 2.16. The highest BCUT2D eigenvalue weighted by Crippen LogP contribution is 2.30. The fourth-order valence-electron chi connectivity index (χ4n) is 1.52. The molecule has 0 amide bonds. The molecule has 7 heteroatoms. The Kier molecular flexibility index (Phi) is 4.01. The van der Waals surface area contributed by atoms with E-state index in [0.29, 0.717) is 22.2 Å². The Morgan fingerprint density at radius 2 is 2.26 bits per heavy atom. The molecule has 1 aromatic heterocycles. The van der Waals surface area contributed by atoms with Gasteiger partial charge in [-0.25, -0.2) is 9.78 Å². The van der Waals surface area contributed by atoms with Crippen LogP contribution in [0, 0.1) is 0 Å². The van der Waals surface area contributed by atoms with Crippen LogP contribution in [0.2, 0.25) is 5.02 Å². The van der Waals surface area contributed by atoms with E-state index < -0.39 is 5.97 Å². The van der Waals surface area contributed by atoms with Crippen LogP contribution in [-0.2, 0) is 4.74 Å². The Hall–Kier alpha value is -2.08. The van der Waals surface area contributed by atoms with Gasteiger partial charge < -0.3 is 9.47 Å². The Morgan fingerprint density at radius 1 is 1.47 bits per heavy atom. The van der Waals surface area contributed by atoms with E-state index in [9.17, 15) is 4.79 Å². The quantitative estimate of drug-likeness (QED) is 0.870. The molecule has 0 aliphatic heterocycles. The van der Waals surface area contributed by atoms with Crippen molar-refractivity contribution in [2.45, 2.75) is 6.92 Å². The van der Waals surface area contributed by atoms with Crippen molar-refractivity contribution < 1.29 is 14.3 Å². The van der Waals surface area contributed by atoms with E-state index in [4.69, 9.17) is 21.1 Å². The number of ether oxygens (including phenoxy) is 2. The van der Waals surface area contributed by atoms with E-state index in [2.05, 4.69) is 15.2 Å². The molecule has 0 fully saturated rings. The minimum absolute atomic E-state index is 0.0499.